The quantitative estimate of drug-likeness (QED) is 0.760. The first kappa shape index (κ1) is 15.0. The third-order valence-electron chi connectivity index (χ3n) is 2.66. The van der Waals surface area contributed by atoms with Crippen LogP contribution in [0.3, 0.4) is 0 Å². The zero-order valence-electron chi connectivity index (χ0n) is 11.7. The summed E-state index contributed by atoms with van der Waals surface area (Å²) in [5.74, 6) is -1.04. The fraction of sp³-hybridized carbons (Fsp3) is 0.429. The summed E-state index contributed by atoms with van der Waals surface area (Å²) in [5, 5.41) is 14.8. The van der Waals surface area contributed by atoms with Gasteiger partial charge in [-0.1, -0.05) is 0 Å². The van der Waals surface area contributed by atoms with Gasteiger partial charge in [0.05, 0.1) is 5.56 Å². The summed E-state index contributed by atoms with van der Waals surface area (Å²) in [6.07, 6.45) is 0. The standard InChI is InChI=1S/C14H20N2O3/c1-8(2)15-13(17)10(4)16-11-5-6-12(14(18)19)9(3)7-11/h5-8,10,16H,1-4H3,(H,15,17)(H,18,19). The molecule has 1 unspecified atom stereocenters. The molecular formula is C14H20N2O3. The van der Waals surface area contributed by atoms with Gasteiger partial charge < -0.3 is 15.7 Å². The molecule has 0 fully saturated rings. The summed E-state index contributed by atoms with van der Waals surface area (Å²) >= 11 is 0. The summed E-state index contributed by atoms with van der Waals surface area (Å²) in [6, 6.07) is 4.64. The summed E-state index contributed by atoms with van der Waals surface area (Å²) in [5.41, 5.74) is 1.66. The Kier molecular flexibility index (Phi) is 4.92. The normalized spacial score (nSPS) is 12.1. The van der Waals surface area contributed by atoms with Crippen LogP contribution in [0.5, 0.6) is 0 Å². The second kappa shape index (κ2) is 6.22. The monoisotopic (exact) mass is 264 g/mol. The Hall–Kier alpha value is -2.04. The van der Waals surface area contributed by atoms with Crippen molar-refractivity contribution in [2.24, 2.45) is 0 Å². The number of aryl methyl sites for hydroxylation is 1. The second-order valence-electron chi connectivity index (χ2n) is 4.86. The Bertz CT molecular complexity index is 484. The summed E-state index contributed by atoms with van der Waals surface area (Å²) in [7, 11) is 0. The number of hydrogen-bond donors (Lipinski definition) is 3. The number of carbonyl (C=O) groups excluding carboxylic acids is 1. The zero-order chi connectivity index (χ0) is 14.6. The van der Waals surface area contributed by atoms with Crippen molar-refractivity contribution in [1.82, 2.24) is 5.32 Å². The van der Waals surface area contributed by atoms with Crippen molar-refractivity contribution < 1.29 is 14.7 Å². The van der Waals surface area contributed by atoms with E-state index < -0.39 is 5.97 Å². The maximum Gasteiger partial charge on any atom is 0.335 e. The molecule has 19 heavy (non-hydrogen) atoms. The number of rotatable bonds is 5. The molecule has 0 spiro atoms. The van der Waals surface area contributed by atoms with Gasteiger partial charge in [0.1, 0.15) is 6.04 Å². The molecule has 0 aliphatic heterocycles. The van der Waals surface area contributed by atoms with Crippen LogP contribution in [0, 0.1) is 6.92 Å². The van der Waals surface area contributed by atoms with Crippen molar-refractivity contribution >= 4 is 17.6 Å². The molecule has 1 amide bonds. The maximum atomic E-state index is 11.8. The number of carbonyl (C=O) groups is 2. The van der Waals surface area contributed by atoms with Crippen molar-refractivity contribution in [3.05, 3.63) is 29.3 Å². The topological polar surface area (TPSA) is 78.4 Å². The lowest BCUT2D eigenvalue weighted by Crippen LogP contribution is -2.40. The van der Waals surface area contributed by atoms with Crippen LogP contribution in [0.4, 0.5) is 5.69 Å². The molecule has 0 radical (unpaired) electrons. The van der Waals surface area contributed by atoms with E-state index in [4.69, 9.17) is 5.11 Å². The number of nitrogens with one attached hydrogen (secondary N) is 2. The minimum absolute atomic E-state index is 0.0880. The first-order valence-corrected chi connectivity index (χ1v) is 6.22. The number of benzene rings is 1. The molecule has 0 heterocycles. The minimum atomic E-state index is -0.949. The van der Waals surface area contributed by atoms with Gasteiger partial charge in [0.25, 0.3) is 0 Å². The number of anilines is 1. The molecule has 0 aliphatic carbocycles. The highest BCUT2D eigenvalue weighted by atomic mass is 16.4. The maximum absolute atomic E-state index is 11.8. The fourth-order valence-corrected chi connectivity index (χ4v) is 1.72. The van der Waals surface area contributed by atoms with Crippen molar-refractivity contribution in [1.29, 1.82) is 0 Å². The highest BCUT2D eigenvalue weighted by molar-refractivity contribution is 5.90. The highest BCUT2D eigenvalue weighted by Crippen LogP contribution is 2.16. The SMILES string of the molecule is Cc1cc(NC(C)C(=O)NC(C)C)ccc1C(=O)O. The van der Waals surface area contributed by atoms with Crippen LogP contribution in [0.2, 0.25) is 0 Å². The van der Waals surface area contributed by atoms with Crippen LogP contribution >= 0.6 is 0 Å². The molecule has 0 saturated carbocycles. The van der Waals surface area contributed by atoms with Crippen LogP contribution < -0.4 is 10.6 Å². The molecule has 0 aliphatic rings. The molecular weight excluding hydrogens is 244 g/mol. The van der Waals surface area contributed by atoms with Gasteiger partial charge in [0.2, 0.25) is 5.91 Å². The fourth-order valence-electron chi connectivity index (χ4n) is 1.72. The average molecular weight is 264 g/mol. The second-order valence-corrected chi connectivity index (χ2v) is 4.86. The lowest BCUT2D eigenvalue weighted by atomic mass is 10.1. The van der Waals surface area contributed by atoms with Gasteiger partial charge in [0, 0.05) is 11.7 Å². The summed E-state index contributed by atoms with van der Waals surface area (Å²) in [4.78, 5) is 22.7. The largest absolute Gasteiger partial charge is 0.478 e. The van der Waals surface area contributed by atoms with E-state index in [0.29, 0.717) is 5.56 Å². The molecule has 0 saturated heterocycles. The number of aromatic carboxylic acids is 1. The van der Waals surface area contributed by atoms with Crippen molar-refractivity contribution in [2.75, 3.05) is 5.32 Å². The van der Waals surface area contributed by atoms with E-state index in [1.54, 1.807) is 26.0 Å². The van der Waals surface area contributed by atoms with Crippen LogP contribution in [-0.4, -0.2) is 29.1 Å². The van der Waals surface area contributed by atoms with E-state index >= 15 is 0 Å². The van der Waals surface area contributed by atoms with Crippen molar-refractivity contribution in [3.63, 3.8) is 0 Å². The van der Waals surface area contributed by atoms with Crippen LogP contribution in [0.1, 0.15) is 36.7 Å². The number of amides is 1. The molecule has 1 atom stereocenters. The Labute approximate surface area is 113 Å². The predicted molar refractivity (Wildman–Crippen MR) is 74.5 cm³/mol. The Morgan fingerprint density at radius 1 is 1.21 bits per heavy atom. The lowest BCUT2D eigenvalue weighted by molar-refractivity contribution is -0.122. The minimum Gasteiger partial charge on any atom is -0.478 e. The highest BCUT2D eigenvalue weighted by Gasteiger charge is 2.14. The summed E-state index contributed by atoms with van der Waals surface area (Å²) < 4.78 is 0. The van der Waals surface area contributed by atoms with E-state index in [1.807, 2.05) is 13.8 Å². The van der Waals surface area contributed by atoms with Crippen LogP contribution in [-0.2, 0) is 4.79 Å². The van der Waals surface area contributed by atoms with E-state index in [0.717, 1.165) is 5.69 Å². The van der Waals surface area contributed by atoms with Crippen LogP contribution in [0.15, 0.2) is 18.2 Å². The van der Waals surface area contributed by atoms with Gasteiger partial charge in [-0.3, -0.25) is 4.79 Å². The zero-order valence-corrected chi connectivity index (χ0v) is 11.7. The number of carboxylic acid groups (broad SMARTS) is 1. The smallest absolute Gasteiger partial charge is 0.335 e. The average Bonchev–Trinajstić information content (AvgIpc) is 2.27. The third kappa shape index (κ3) is 4.28. The van der Waals surface area contributed by atoms with E-state index in [9.17, 15) is 9.59 Å². The van der Waals surface area contributed by atoms with E-state index in [2.05, 4.69) is 10.6 Å². The molecule has 0 aromatic heterocycles. The van der Waals surface area contributed by atoms with Gasteiger partial charge in [-0.05, 0) is 51.5 Å². The van der Waals surface area contributed by atoms with Gasteiger partial charge in [-0.2, -0.15) is 0 Å². The van der Waals surface area contributed by atoms with Gasteiger partial charge in [-0.15, -0.1) is 0 Å². The first-order chi connectivity index (χ1) is 8.81. The summed E-state index contributed by atoms with van der Waals surface area (Å²) in [6.45, 7) is 7.29. The Morgan fingerprint density at radius 2 is 1.84 bits per heavy atom. The molecule has 0 bridgehead atoms. The lowest BCUT2D eigenvalue weighted by Gasteiger charge is -2.17. The van der Waals surface area contributed by atoms with Crippen LogP contribution in [0.25, 0.3) is 0 Å². The Morgan fingerprint density at radius 3 is 2.32 bits per heavy atom. The Balaban J connectivity index is 2.75. The van der Waals surface area contributed by atoms with Crippen molar-refractivity contribution in [2.45, 2.75) is 39.8 Å². The van der Waals surface area contributed by atoms with Gasteiger partial charge in [0.15, 0.2) is 0 Å². The molecule has 1 aromatic rings. The van der Waals surface area contributed by atoms with Gasteiger partial charge >= 0.3 is 5.97 Å². The van der Waals surface area contributed by atoms with Gasteiger partial charge in [-0.25, -0.2) is 4.79 Å². The van der Waals surface area contributed by atoms with Crippen molar-refractivity contribution in [3.8, 4) is 0 Å². The van der Waals surface area contributed by atoms with E-state index in [-0.39, 0.29) is 23.6 Å². The molecule has 1 aromatic carbocycles. The molecule has 1 rings (SSSR count). The number of hydrogen-bond acceptors (Lipinski definition) is 3. The number of carboxylic acids is 1. The predicted octanol–water partition coefficient (Wildman–Crippen LogP) is 2.02. The molecule has 3 N–H and O–H groups in total. The molecule has 5 nitrogen and oxygen atoms in total. The van der Waals surface area contributed by atoms with E-state index in [1.165, 1.54) is 6.07 Å². The third-order valence-corrected chi connectivity index (χ3v) is 2.66. The first-order valence-electron chi connectivity index (χ1n) is 6.22. The molecule has 5 heteroatoms. The molecule has 104 valence electrons.